The van der Waals surface area contributed by atoms with Gasteiger partial charge in [-0.25, -0.2) is 4.98 Å². The van der Waals surface area contributed by atoms with Gasteiger partial charge in [0.2, 0.25) is 0 Å². The van der Waals surface area contributed by atoms with Crippen molar-refractivity contribution < 1.29 is 0 Å². The van der Waals surface area contributed by atoms with E-state index in [-0.39, 0.29) is 24.0 Å². The quantitative estimate of drug-likeness (QED) is 0.303. The summed E-state index contributed by atoms with van der Waals surface area (Å²) in [6, 6.07) is 0.628. The van der Waals surface area contributed by atoms with E-state index in [1.807, 2.05) is 11.3 Å². The molecule has 0 amide bonds. The molecule has 0 aliphatic heterocycles. The third-order valence-corrected chi connectivity index (χ3v) is 5.70. The molecule has 23 heavy (non-hydrogen) atoms. The van der Waals surface area contributed by atoms with E-state index >= 15 is 0 Å². The maximum Gasteiger partial charge on any atom is 0.191 e. The van der Waals surface area contributed by atoms with Gasteiger partial charge in [-0.1, -0.05) is 6.92 Å². The molecule has 1 heterocycles. The second-order valence-electron chi connectivity index (χ2n) is 6.51. The van der Waals surface area contributed by atoms with E-state index in [0.717, 1.165) is 37.8 Å². The number of aromatic nitrogens is 1. The van der Waals surface area contributed by atoms with E-state index in [4.69, 9.17) is 9.98 Å². The Morgan fingerprint density at radius 1 is 1.35 bits per heavy atom. The minimum Gasteiger partial charge on any atom is -0.357 e. The molecule has 0 spiro atoms. The van der Waals surface area contributed by atoms with Crippen molar-refractivity contribution in [1.29, 1.82) is 0 Å². The van der Waals surface area contributed by atoms with Crippen LogP contribution in [0.2, 0.25) is 0 Å². The van der Waals surface area contributed by atoms with Crippen LogP contribution >= 0.6 is 35.3 Å². The Kier molecular flexibility index (Phi) is 7.59. The topological polar surface area (TPSA) is 49.3 Å². The van der Waals surface area contributed by atoms with Crippen LogP contribution < -0.4 is 10.6 Å². The molecular formula is C17H29IN4S. The summed E-state index contributed by atoms with van der Waals surface area (Å²) in [4.78, 5) is 11.1. The normalized spacial score (nSPS) is 23.0. The van der Waals surface area contributed by atoms with Crippen LogP contribution in [0.4, 0.5) is 0 Å². The summed E-state index contributed by atoms with van der Waals surface area (Å²) in [5, 5.41) is 8.16. The molecule has 2 atom stereocenters. The number of hydrogen-bond donors (Lipinski definition) is 2. The van der Waals surface area contributed by atoms with E-state index in [1.54, 1.807) is 4.88 Å². The Labute approximate surface area is 161 Å². The molecule has 6 heteroatoms. The Morgan fingerprint density at radius 3 is 2.83 bits per heavy atom. The van der Waals surface area contributed by atoms with Crippen molar-refractivity contribution in [2.75, 3.05) is 13.1 Å². The molecule has 1 fully saturated rings. The average Bonchev–Trinajstić information content (AvgIpc) is 3.05. The minimum atomic E-state index is 0. The van der Waals surface area contributed by atoms with Crippen molar-refractivity contribution in [2.45, 2.75) is 64.8 Å². The molecule has 2 unspecified atom stereocenters. The average molecular weight is 448 g/mol. The van der Waals surface area contributed by atoms with Crippen LogP contribution in [0.5, 0.6) is 0 Å². The fourth-order valence-electron chi connectivity index (χ4n) is 2.95. The zero-order valence-corrected chi connectivity index (χ0v) is 17.4. The standard InChI is InChI=1S/C17H28N4S.HI/c1-3-18-17(21-14-11-12(14)2)19-10-6-9-16-20-13-7-4-5-8-15(13)22-16;/h12,14H,3-11H2,1-2H3,(H2,18,19,21);1H. The smallest absolute Gasteiger partial charge is 0.191 e. The van der Waals surface area contributed by atoms with Crippen LogP contribution in [-0.4, -0.2) is 30.1 Å². The van der Waals surface area contributed by atoms with Crippen LogP contribution in [0.15, 0.2) is 4.99 Å². The van der Waals surface area contributed by atoms with Crippen molar-refractivity contribution in [3.63, 3.8) is 0 Å². The molecule has 0 radical (unpaired) electrons. The summed E-state index contributed by atoms with van der Waals surface area (Å²) in [6.07, 6.45) is 8.53. The van der Waals surface area contributed by atoms with Crippen LogP contribution in [0, 0.1) is 5.92 Å². The molecular weight excluding hydrogens is 419 g/mol. The molecule has 0 saturated heterocycles. The first kappa shape index (κ1) is 19.0. The second-order valence-corrected chi connectivity index (χ2v) is 7.68. The first-order chi connectivity index (χ1) is 10.8. The first-order valence-corrected chi connectivity index (χ1v) is 9.60. The summed E-state index contributed by atoms with van der Waals surface area (Å²) in [5.74, 6) is 1.78. The molecule has 4 nitrogen and oxygen atoms in total. The van der Waals surface area contributed by atoms with Gasteiger partial charge in [0.25, 0.3) is 0 Å². The fraction of sp³-hybridized carbons (Fsp3) is 0.765. The highest BCUT2D eigenvalue weighted by atomic mass is 127. The predicted molar refractivity (Wildman–Crippen MR) is 109 cm³/mol. The molecule has 2 N–H and O–H groups in total. The second kappa shape index (κ2) is 9.20. The molecule has 130 valence electrons. The van der Waals surface area contributed by atoms with Gasteiger partial charge in [-0.3, -0.25) is 4.99 Å². The lowest BCUT2D eigenvalue weighted by molar-refractivity contribution is 0.679. The number of guanidine groups is 1. The van der Waals surface area contributed by atoms with Crippen LogP contribution in [0.3, 0.4) is 0 Å². The zero-order valence-electron chi connectivity index (χ0n) is 14.2. The Bertz CT molecular complexity index is 505. The first-order valence-electron chi connectivity index (χ1n) is 8.78. The number of hydrogen-bond acceptors (Lipinski definition) is 3. The number of rotatable bonds is 6. The van der Waals surface area contributed by atoms with E-state index in [0.29, 0.717) is 6.04 Å². The van der Waals surface area contributed by atoms with Gasteiger partial charge in [0.15, 0.2) is 5.96 Å². The Hall–Kier alpha value is -0.370. The fourth-order valence-corrected chi connectivity index (χ4v) is 4.15. The molecule has 1 aromatic rings. The lowest BCUT2D eigenvalue weighted by Crippen LogP contribution is -2.39. The highest BCUT2D eigenvalue weighted by Crippen LogP contribution is 2.29. The summed E-state index contributed by atoms with van der Waals surface area (Å²) in [6.45, 7) is 6.20. The Balaban J connectivity index is 0.00000192. The van der Waals surface area contributed by atoms with Gasteiger partial charge >= 0.3 is 0 Å². The minimum absolute atomic E-state index is 0. The number of aryl methyl sites for hydroxylation is 3. The third kappa shape index (κ3) is 5.59. The van der Waals surface area contributed by atoms with Gasteiger partial charge in [-0.2, -0.15) is 0 Å². The summed E-state index contributed by atoms with van der Waals surface area (Å²) < 4.78 is 0. The third-order valence-electron chi connectivity index (χ3n) is 4.48. The largest absolute Gasteiger partial charge is 0.357 e. The van der Waals surface area contributed by atoms with Crippen molar-refractivity contribution in [3.05, 3.63) is 15.6 Å². The van der Waals surface area contributed by atoms with E-state index in [9.17, 15) is 0 Å². The van der Waals surface area contributed by atoms with E-state index in [2.05, 4.69) is 24.5 Å². The number of halogens is 1. The lowest BCUT2D eigenvalue weighted by atomic mass is 10.0. The van der Waals surface area contributed by atoms with Crippen molar-refractivity contribution in [1.82, 2.24) is 15.6 Å². The molecule has 2 aliphatic rings. The van der Waals surface area contributed by atoms with Gasteiger partial charge in [-0.15, -0.1) is 35.3 Å². The molecule has 2 aliphatic carbocycles. The van der Waals surface area contributed by atoms with Crippen LogP contribution in [-0.2, 0) is 19.3 Å². The summed E-state index contributed by atoms with van der Waals surface area (Å²) >= 11 is 1.93. The van der Waals surface area contributed by atoms with Crippen LogP contribution in [0.25, 0.3) is 0 Å². The van der Waals surface area contributed by atoms with Gasteiger partial charge < -0.3 is 10.6 Å². The molecule has 1 saturated carbocycles. The lowest BCUT2D eigenvalue weighted by Gasteiger charge is -2.10. The molecule has 0 aromatic carbocycles. The van der Waals surface area contributed by atoms with Gasteiger partial charge in [0.05, 0.1) is 10.7 Å². The van der Waals surface area contributed by atoms with Crippen molar-refractivity contribution in [3.8, 4) is 0 Å². The number of aliphatic imine (C=N–C) groups is 1. The SMILES string of the molecule is CCNC(=NCCCc1nc2c(s1)CCCC2)NC1CC1C.I. The van der Waals surface area contributed by atoms with Crippen LogP contribution in [0.1, 0.15) is 55.1 Å². The predicted octanol–water partition coefficient (Wildman–Crippen LogP) is 3.54. The molecule has 3 rings (SSSR count). The summed E-state index contributed by atoms with van der Waals surface area (Å²) in [5.41, 5.74) is 1.38. The van der Waals surface area contributed by atoms with Crippen molar-refractivity contribution in [2.24, 2.45) is 10.9 Å². The maximum absolute atomic E-state index is 4.81. The van der Waals surface area contributed by atoms with E-state index < -0.39 is 0 Å². The maximum atomic E-state index is 4.81. The molecule has 0 bridgehead atoms. The van der Waals surface area contributed by atoms with Gasteiger partial charge in [0, 0.05) is 30.4 Å². The van der Waals surface area contributed by atoms with E-state index in [1.165, 1.54) is 42.8 Å². The van der Waals surface area contributed by atoms with Crippen molar-refractivity contribution >= 4 is 41.3 Å². The number of thiazole rings is 1. The highest BCUT2D eigenvalue weighted by molar-refractivity contribution is 14.0. The highest BCUT2D eigenvalue weighted by Gasteiger charge is 2.33. The van der Waals surface area contributed by atoms with Gasteiger partial charge in [-0.05, 0) is 51.4 Å². The number of fused-ring (bicyclic) bond motifs is 1. The monoisotopic (exact) mass is 448 g/mol. The number of nitrogens with zero attached hydrogens (tertiary/aromatic N) is 2. The Morgan fingerprint density at radius 2 is 2.13 bits per heavy atom. The number of nitrogens with one attached hydrogen (secondary N) is 2. The zero-order chi connectivity index (χ0) is 15.4. The summed E-state index contributed by atoms with van der Waals surface area (Å²) in [7, 11) is 0. The van der Waals surface area contributed by atoms with Gasteiger partial charge in [0.1, 0.15) is 0 Å². The molecule has 1 aromatic heterocycles.